The molecular weight excluding hydrogens is 426 g/mol. The maximum absolute atomic E-state index is 6.18. The fraction of sp³-hybridized carbons (Fsp3) is 0.360. The van der Waals surface area contributed by atoms with Gasteiger partial charge in [-0.05, 0) is 49.2 Å². The standard InChI is InChI=1S/C25H29N9/c1-16-9-17-3-4-18(19-11-21-24(27-13-19)29-15-28-21)10-20(17)14-34(16)23-12-22(30-25(26)31-23)33-7-5-32(2)6-8-33/h3-4,10-13,15-16H,5-9,14H2,1-2H3,(H2,26,30,31)(H,27,28,29). The molecule has 0 bridgehead atoms. The van der Waals surface area contributed by atoms with Crippen LogP contribution in [-0.2, 0) is 13.0 Å². The zero-order chi connectivity index (χ0) is 23.2. The normalized spacial score (nSPS) is 18.9. The summed E-state index contributed by atoms with van der Waals surface area (Å²) in [7, 11) is 2.15. The molecule has 3 aromatic heterocycles. The SMILES string of the molecule is CC1Cc2ccc(-c3cnc4nc[nH]c4c3)cc2CN1c1cc(N2CCN(C)CC2)nc(N)n1. The molecule has 0 spiro atoms. The van der Waals surface area contributed by atoms with E-state index in [0.717, 1.165) is 73.1 Å². The lowest BCUT2D eigenvalue weighted by atomic mass is 9.92. The topological polar surface area (TPSA) is 103 Å². The van der Waals surface area contributed by atoms with Crippen molar-refractivity contribution in [1.29, 1.82) is 0 Å². The number of hydrogen-bond acceptors (Lipinski definition) is 8. The Kier molecular flexibility index (Phi) is 5.06. The first-order chi connectivity index (χ1) is 16.5. The minimum atomic E-state index is 0.316. The predicted octanol–water partition coefficient (Wildman–Crippen LogP) is 2.70. The van der Waals surface area contributed by atoms with E-state index in [1.807, 2.05) is 6.20 Å². The molecule has 34 heavy (non-hydrogen) atoms. The highest BCUT2D eigenvalue weighted by Crippen LogP contribution is 2.32. The van der Waals surface area contributed by atoms with Crippen LogP contribution in [0.5, 0.6) is 0 Å². The van der Waals surface area contributed by atoms with Gasteiger partial charge in [-0.1, -0.05) is 12.1 Å². The first-order valence-electron chi connectivity index (χ1n) is 11.8. The van der Waals surface area contributed by atoms with Crippen LogP contribution in [0.15, 0.2) is 42.9 Å². The number of H-pyrrole nitrogens is 1. The summed E-state index contributed by atoms with van der Waals surface area (Å²) >= 11 is 0. The number of imidazole rings is 1. The summed E-state index contributed by atoms with van der Waals surface area (Å²) in [5.74, 6) is 2.14. The second-order valence-electron chi connectivity index (χ2n) is 9.40. The third-order valence-corrected chi connectivity index (χ3v) is 7.04. The Morgan fingerprint density at radius 2 is 1.76 bits per heavy atom. The average Bonchev–Trinajstić information content (AvgIpc) is 3.31. The number of hydrogen-bond donors (Lipinski definition) is 2. The van der Waals surface area contributed by atoms with Gasteiger partial charge in [0.05, 0.1) is 11.8 Å². The molecule has 6 rings (SSSR count). The molecule has 0 saturated carbocycles. The number of likely N-dealkylation sites (N-methyl/N-ethyl adjacent to an activating group) is 1. The number of aromatic nitrogens is 5. The molecule has 1 atom stereocenters. The summed E-state index contributed by atoms with van der Waals surface area (Å²) < 4.78 is 0. The first kappa shape index (κ1) is 20.9. The Bertz CT molecular complexity index is 1340. The van der Waals surface area contributed by atoms with Crippen LogP contribution in [0.25, 0.3) is 22.3 Å². The molecule has 5 heterocycles. The minimum absolute atomic E-state index is 0.316. The summed E-state index contributed by atoms with van der Waals surface area (Å²) in [6.45, 7) is 6.97. The molecule has 174 valence electrons. The number of anilines is 3. The van der Waals surface area contributed by atoms with Gasteiger partial charge in [-0.2, -0.15) is 9.97 Å². The minimum Gasteiger partial charge on any atom is -0.368 e. The van der Waals surface area contributed by atoms with E-state index in [2.05, 4.69) is 83.9 Å². The molecule has 0 aliphatic carbocycles. The first-order valence-corrected chi connectivity index (χ1v) is 11.8. The fourth-order valence-corrected chi connectivity index (χ4v) is 5.00. The van der Waals surface area contributed by atoms with E-state index in [-0.39, 0.29) is 0 Å². The van der Waals surface area contributed by atoms with Gasteiger partial charge in [-0.25, -0.2) is 9.97 Å². The lowest BCUT2D eigenvalue weighted by Crippen LogP contribution is -2.45. The average molecular weight is 456 g/mol. The van der Waals surface area contributed by atoms with E-state index in [0.29, 0.717) is 12.0 Å². The van der Waals surface area contributed by atoms with Gasteiger partial charge in [0.2, 0.25) is 5.95 Å². The summed E-state index contributed by atoms with van der Waals surface area (Å²) in [5.41, 5.74) is 12.8. The molecule has 1 saturated heterocycles. The van der Waals surface area contributed by atoms with Gasteiger partial charge in [-0.15, -0.1) is 0 Å². The van der Waals surface area contributed by atoms with E-state index in [9.17, 15) is 0 Å². The molecule has 2 aliphatic rings. The highest BCUT2D eigenvalue weighted by Gasteiger charge is 2.26. The number of nitrogens with one attached hydrogen (secondary N) is 1. The number of piperazine rings is 1. The van der Waals surface area contributed by atoms with Crippen molar-refractivity contribution in [2.75, 3.05) is 48.8 Å². The van der Waals surface area contributed by atoms with Crippen LogP contribution in [0.3, 0.4) is 0 Å². The lowest BCUT2D eigenvalue weighted by molar-refractivity contribution is 0.312. The maximum atomic E-state index is 6.18. The van der Waals surface area contributed by atoms with Crippen LogP contribution < -0.4 is 15.5 Å². The lowest BCUT2D eigenvalue weighted by Gasteiger charge is -2.37. The number of benzene rings is 1. The van der Waals surface area contributed by atoms with Gasteiger partial charge in [-0.3, -0.25) is 0 Å². The molecule has 1 fully saturated rings. The van der Waals surface area contributed by atoms with E-state index in [1.54, 1.807) is 6.33 Å². The van der Waals surface area contributed by atoms with Crippen molar-refractivity contribution >= 4 is 28.7 Å². The highest BCUT2D eigenvalue weighted by molar-refractivity contribution is 5.78. The molecule has 9 nitrogen and oxygen atoms in total. The van der Waals surface area contributed by atoms with Crippen molar-refractivity contribution in [3.8, 4) is 11.1 Å². The van der Waals surface area contributed by atoms with E-state index < -0.39 is 0 Å². The molecule has 1 unspecified atom stereocenters. The molecule has 1 aromatic carbocycles. The van der Waals surface area contributed by atoms with Gasteiger partial charge < -0.3 is 25.4 Å². The number of pyridine rings is 1. The number of rotatable bonds is 3. The van der Waals surface area contributed by atoms with Gasteiger partial charge in [0, 0.05) is 56.6 Å². The smallest absolute Gasteiger partial charge is 0.223 e. The molecule has 9 heteroatoms. The summed E-state index contributed by atoms with van der Waals surface area (Å²) in [4.78, 5) is 28.0. The number of nitrogen functional groups attached to an aromatic ring is 1. The predicted molar refractivity (Wildman–Crippen MR) is 135 cm³/mol. The number of fused-ring (bicyclic) bond motifs is 2. The third-order valence-electron chi connectivity index (χ3n) is 7.04. The van der Waals surface area contributed by atoms with Crippen molar-refractivity contribution in [1.82, 2.24) is 29.8 Å². The van der Waals surface area contributed by atoms with Crippen LogP contribution in [-0.4, -0.2) is 69.1 Å². The third kappa shape index (κ3) is 3.81. The van der Waals surface area contributed by atoms with Gasteiger partial charge in [0.25, 0.3) is 0 Å². The molecule has 3 N–H and O–H groups in total. The molecule has 2 aliphatic heterocycles. The Morgan fingerprint density at radius 1 is 0.941 bits per heavy atom. The van der Waals surface area contributed by atoms with Gasteiger partial charge in [0.15, 0.2) is 5.65 Å². The second-order valence-corrected chi connectivity index (χ2v) is 9.40. The van der Waals surface area contributed by atoms with Crippen molar-refractivity contribution in [3.05, 3.63) is 54.0 Å². The second kappa shape index (κ2) is 8.25. The summed E-state index contributed by atoms with van der Waals surface area (Å²) in [6.07, 6.45) is 4.53. The Morgan fingerprint density at radius 3 is 2.62 bits per heavy atom. The highest BCUT2D eigenvalue weighted by atomic mass is 15.3. The number of aromatic amines is 1. The maximum Gasteiger partial charge on any atom is 0.223 e. The van der Waals surface area contributed by atoms with E-state index in [4.69, 9.17) is 5.73 Å². The summed E-state index contributed by atoms with van der Waals surface area (Å²) in [5, 5.41) is 0. The van der Waals surface area contributed by atoms with Crippen LogP contribution in [0.1, 0.15) is 18.1 Å². The molecule has 4 aromatic rings. The van der Waals surface area contributed by atoms with Crippen LogP contribution in [0.4, 0.5) is 17.6 Å². The summed E-state index contributed by atoms with van der Waals surface area (Å²) in [6, 6.07) is 11.2. The van der Waals surface area contributed by atoms with Gasteiger partial charge >= 0.3 is 0 Å². The van der Waals surface area contributed by atoms with Crippen LogP contribution >= 0.6 is 0 Å². The van der Waals surface area contributed by atoms with Crippen molar-refractivity contribution in [3.63, 3.8) is 0 Å². The molecule has 0 amide bonds. The van der Waals surface area contributed by atoms with Crippen LogP contribution in [0.2, 0.25) is 0 Å². The Balaban J connectivity index is 1.30. The molecular formula is C25H29N9. The van der Waals surface area contributed by atoms with Crippen LogP contribution in [0, 0.1) is 0 Å². The van der Waals surface area contributed by atoms with Gasteiger partial charge in [0.1, 0.15) is 11.6 Å². The fourth-order valence-electron chi connectivity index (χ4n) is 5.00. The van der Waals surface area contributed by atoms with Crippen molar-refractivity contribution in [2.45, 2.75) is 25.9 Å². The number of nitrogens with zero attached hydrogens (tertiary/aromatic N) is 7. The molecule has 0 radical (unpaired) electrons. The quantitative estimate of drug-likeness (QED) is 0.486. The monoisotopic (exact) mass is 455 g/mol. The van der Waals surface area contributed by atoms with Crippen molar-refractivity contribution < 1.29 is 0 Å². The van der Waals surface area contributed by atoms with Crippen molar-refractivity contribution in [2.24, 2.45) is 0 Å². The zero-order valence-corrected chi connectivity index (χ0v) is 19.6. The Labute approximate surface area is 198 Å². The largest absolute Gasteiger partial charge is 0.368 e. The van der Waals surface area contributed by atoms with E-state index >= 15 is 0 Å². The number of nitrogens with two attached hydrogens (primary N) is 1. The Hall–Kier alpha value is -3.72. The zero-order valence-electron chi connectivity index (χ0n) is 19.6. The van der Waals surface area contributed by atoms with E-state index in [1.165, 1.54) is 11.1 Å².